The summed E-state index contributed by atoms with van der Waals surface area (Å²) in [7, 11) is 1.77. The van der Waals surface area contributed by atoms with E-state index in [4.69, 9.17) is 6.57 Å². The molecule has 3 aromatic rings. The third-order valence-corrected chi connectivity index (χ3v) is 6.60. The van der Waals surface area contributed by atoms with Crippen LogP contribution in [0, 0.1) is 6.57 Å². The molecule has 2 aliphatic rings. The van der Waals surface area contributed by atoms with Gasteiger partial charge in [0, 0.05) is 44.5 Å². The maximum atomic E-state index is 13.3. The summed E-state index contributed by atoms with van der Waals surface area (Å²) in [5.41, 5.74) is 1.12. The Morgan fingerprint density at radius 3 is 2.77 bits per heavy atom. The molecule has 0 radical (unpaired) electrons. The van der Waals surface area contributed by atoms with Crippen LogP contribution in [-0.4, -0.2) is 69.2 Å². The largest absolute Gasteiger partial charge is 0.373 e. The van der Waals surface area contributed by atoms with E-state index >= 15 is 0 Å². The van der Waals surface area contributed by atoms with Crippen molar-refractivity contribution in [2.75, 3.05) is 43.9 Å². The van der Waals surface area contributed by atoms with E-state index in [1.165, 1.54) is 6.20 Å². The lowest BCUT2D eigenvalue weighted by Gasteiger charge is -2.31. The van der Waals surface area contributed by atoms with Crippen LogP contribution in [0.4, 0.5) is 17.3 Å². The van der Waals surface area contributed by atoms with Crippen molar-refractivity contribution in [3.05, 3.63) is 57.9 Å². The molecule has 1 saturated heterocycles. The number of nitrogens with one attached hydrogen (secondary N) is 3. The number of piperidine rings is 1. The minimum Gasteiger partial charge on any atom is -0.373 e. The number of anilines is 3. The summed E-state index contributed by atoms with van der Waals surface area (Å²) in [6.07, 6.45) is 7.07. The smallest absolute Gasteiger partial charge is 0.274 e. The van der Waals surface area contributed by atoms with Gasteiger partial charge in [0.15, 0.2) is 5.65 Å². The van der Waals surface area contributed by atoms with Gasteiger partial charge in [-0.3, -0.25) is 14.5 Å². The number of carbonyl (C=O) groups is 1. The first-order valence-electron chi connectivity index (χ1n) is 12.0. The number of nitrogens with zero attached hydrogens (tertiary/aromatic N) is 6. The molecule has 1 saturated carbocycles. The fourth-order valence-corrected chi connectivity index (χ4v) is 4.50. The van der Waals surface area contributed by atoms with Gasteiger partial charge in [-0.2, -0.15) is 9.61 Å². The molecule has 1 aliphatic heterocycles. The Bertz CT molecular complexity index is 1330. The number of amides is 1. The summed E-state index contributed by atoms with van der Waals surface area (Å²) < 4.78 is 3.37. The number of likely N-dealkylation sites (tertiary alicyclic amines) is 1. The minimum atomic E-state index is -0.195. The van der Waals surface area contributed by atoms with Crippen LogP contribution < -0.4 is 21.5 Å². The van der Waals surface area contributed by atoms with E-state index in [1.807, 2.05) is 12.3 Å². The first-order valence-corrected chi connectivity index (χ1v) is 12.0. The third kappa shape index (κ3) is 4.83. The minimum absolute atomic E-state index is 0.111. The molecule has 35 heavy (non-hydrogen) atoms. The van der Waals surface area contributed by atoms with Crippen LogP contribution in [0.3, 0.4) is 0 Å². The van der Waals surface area contributed by atoms with Gasteiger partial charge in [-0.05, 0) is 37.8 Å². The fraction of sp³-hybridized carbons (Fsp3) is 0.458. The molecule has 0 atom stereocenters. The first kappa shape index (κ1) is 22.9. The Hall–Kier alpha value is -3.91. The summed E-state index contributed by atoms with van der Waals surface area (Å²) in [5, 5.41) is 13.5. The van der Waals surface area contributed by atoms with Crippen LogP contribution in [0.25, 0.3) is 10.5 Å². The number of pyridine rings is 1. The van der Waals surface area contributed by atoms with E-state index in [2.05, 4.69) is 35.8 Å². The molecule has 0 unspecified atom stereocenters. The van der Waals surface area contributed by atoms with Crippen LogP contribution in [0.2, 0.25) is 0 Å². The van der Waals surface area contributed by atoms with Gasteiger partial charge in [-0.25, -0.2) is 11.6 Å². The quantitative estimate of drug-likeness (QED) is 0.428. The van der Waals surface area contributed by atoms with Crippen LogP contribution >= 0.6 is 0 Å². The Morgan fingerprint density at radius 1 is 1.26 bits per heavy atom. The van der Waals surface area contributed by atoms with Crippen LogP contribution in [0.15, 0.2) is 35.4 Å². The summed E-state index contributed by atoms with van der Waals surface area (Å²) in [5.74, 6) is 0.900. The van der Waals surface area contributed by atoms with Crippen LogP contribution in [-0.2, 0) is 0 Å². The van der Waals surface area contributed by atoms with Gasteiger partial charge < -0.3 is 25.4 Å². The number of rotatable bonds is 8. The summed E-state index contributed by atoms with van der Waals surface area (Å²) in [4.78, 5) is 36.3. The molecule has 11 nitrogen and oxygen atoms in total. The Kier molecular flexibility index (Phi) is 6.37. The maximum Gasteiger partial charge on any atom is 0.274 e. The van der Waals surface area contributed by atoms with Crippen molar-refractivity contribution in [3.63, 3.8) is 0 Å². The second kappa shape index (κ2) is 9.76. The summed E-state index contributed by atoms with van der Waals surface area (Å²) in [6, 6.07) is 5.70. The zero-order valence-corrected chi connectivity index (χ0v) is 19.7. The van der Waals surface area contributed by atoms with Crippen molar-refractivity contribution < 1.29 is 4.79 Å². The van der Waals surface area contributed by atoms with Crippen molar-refractivity contribution in [2.24, 2.45) is 0 Å². The predicted octanol–water partition coefficient (Wildman–Crippen LogP) is 2.12. The maximum absolute atomic E-state index is 13.3. The Balaban J connectivity index is 1.38. The van der Waals surface area contributed by atoms with Gasteiger partial charge >= 0.3 is 0 Å². The Morgan fingerprint density at radius 2 is 2.06 bits per heavy atom. The Labute approximate surface area is 203 Å². The molecule has 1 amide bonds. The van der Waals surface area contributed by atoms with Crippen LogP contribution in [0.5, 0.6) is 0 Å². The highest BCUT2D eigenvalue weighted by Crippen LogP contribution is 2.24. The first-order chi connectivity index (χ1) is 17.1. The number of aromatic nitrogens is 4. The highest BCUT2D eigenvalue weighted by Gasteiger charge is 2.26. The van der Waals surface area contributed by atoms with Crippen molar-refractivity contribution in [1.82, 2.24) is 29.4 Å². The van der Waals surface area contributed by atoms with Gasteiger partial charge in [0.05, 0.1) is 12.7 Å². The van der Waals surface area contributed by atoms with Crippen molar-refractivity contribution in [1.29, 1.82) is 0 Å². The third-order valence-electron chi connectivity index (χ3n) is 6.60. The lowest BCUT2D eigenvalue weighted by molar-refractivity contribution is 0.0952. The molecule has 2 fully saturated rings. The molecule has 4 heterocycles. The molecule has 182 valence electrons. The van der Waals surface area contributed by atoms with E-state index in [-0.39, 0.29) is 23.6 Å². The van der Waals surface area contributed by atoms with Gasteiger partial charge in [0.2, 0.25) is 6.54 Å². The van der Waals surface area contributed by atoms with Gasteiger partial charge in [0.25, 0.3) is 11.5 Å². The fourth-order valence-electron chi connectivity index (χ4n) is 4.50. The molecular weight excluding hydrogens is 446 g/mol. The summed E-state index contributed by atoms with van der Waals surface area (Å²) >= 11 is 0. The lowest BCUT2D eigenvalue weighted by Crippen LogP contribution is -2.38. The average Bonchev–Trinajstić information content (AvgIpc) is 3.58. The van der Waals surface area contributed by atoms with E-state index in [9.17, 15) is 9.59 Å². The highest BCUT2D eigenvalue weighted by molar-refractivity contribution is 6.00. The molecule has 0 spiro atoms. The molecule has 5 rings (SSSR count). The standard InChI is InChI=1S/C24H29N9O2/c1-25-9-13-31-11-7-17(8-12-31)32-10-3-4-19(24(32)35)29-20-14-21(26-2)33-22(30-20)18(15-27-33)23(34)28-16-5-6-16/h3-4,10,14-17,26H,5-9,11-13H2,2H3,(H,28,34)(H,29,30). The van der Waals surface area contributed by atoms with E-state index in [0.717, 1.165) is 45.3 Å². The molecule has 3 N–H and O–H groups in total. The number of hydrogen-bond acceptors (Lipinski definition) is 7. The molecule has 1 aliphatic carbocycles. The second-order valence-corrected chi connectivity index (χ2v) is 9.03. The van der Waals surface area contributed by atoms with Crippen molar-refractivity contribution in [2.45, 2.75) is 37.8 Å². The molecule has 0 aromatic carbocycles. The van der Waals surface area contributed by atoms with Crippen molar-refractivity contribution in [3.8, 4) is 0 Å². The highest BCUT2D eigenvalue weighted by atomic mass is 16.2. The zero-order chi connectivity index (χ0) is 24.4. The number of fused-ring (bicyclic) bond motifs is 1. The van der Waals surface area contributed by atoms with E-state index in [0.29, 0.717) is 35.1 Å². The monoisotopic (exact) mass is 475 g/mol. The number of hydrogen-bond donors (Lipinski definition) is 3. The lowest BCUT2D eigenvalue weighted by atomic mass is 10.0. The van der Waals surface area contributed by atoms with Crippen molar-refractivity contribution >= 4 is 28.9 Å². The van der Waals surface area contributed by atoms with Gasteiger partial charge in [-0.15, -0.1) is 0 Å². The second-order valence-electron chi connectivity index (χ2n) is 9.03. The molecular formula is C24H29N9O2. The SMILES string of the molecule is [C-]#[N+]CCN1CCC(n2cccc(Nc3cc(NC)n4ncc(C(=O)NC5CC5)c4n3)c2=O)CC1. The number of carbonyl (C=O) groups excluding carboxylic acids is 1. The zero-order valence-electron chi connectivity index (χ0n) is 19.7. The van der Waals surface area contributed by atoms with Crippen LogP contribution in [0.1, 0.15) is 42.1 Å². The molecule has 0 bridgehead atoms. The topological polar surface area (TPSA) is 113 Å². The normalized spacial score (nSPS) is 16.7. The molecule has 3 aromatic heterocycles. The molecule has 11 heteroatoms. The van der Waals surface area contributed by atoms with E-state index < -0.39 is 0 Å². The van der Waals surface area contributed by atoms with Gasteiger partial charge in [0.1, 0.15) is 22.9 Å². The average molecular weight is 476 g/mol. The van der Waals surface area contributed by atoms with Gasteiger partial charge in [-0.1, -0.05) is 0 Å². The van der Waals surface area contributed by atoms with E-state index in [1.54, 1.807) is 28.3 Å². The predicted molar refractivity (Wildman–Crippen MR) is 133 cm³/mol. The summed E-state index contributed by atoms with van der Waals surface area (Å²) in [6.45, 7) is 10.0.